The van der Waals surface area contributed by atoms with Crippen LogP contribution >= 0.6 is 0 Å². The van der Waals surface area contributed by atoms with E-state index in [0.29, 0.717) is 13.1 Å². The number of sulfonamides is 1. The molecule has 0 unspecified atom stereocenters. The molecule has 28 heavy (non-hydrogen) atoms. The molecule has 1 aliphatic rings. The summed E-state index contributed by atoms with van der Waals surface area (Å²) in [6, 6.07) is 11.2. The van der Waals surface area contributed by atoms with Crippen LogP contribution in [0.3, 0.4) is 0 Å². The minimum atomic E-state index is -4.62. The standard InChI is InChI=1S/C19H18F3N3O2S/c20-19(21,22)18-11-16(6-5-15(18)12-23)24-13-14-3-7-17(8-4-14)28(26,27)25-9-1-2-10-25/h3-8,11,24H,1-2,9-10,13H2. The average Bonchev–Trinajstić information content (AvgIpc) is 3.21. The smallest absolute Gasteiger partial charge is 0.381 e. The fraction of sp³-hybridized carbons (Fsp3) is 0.316. The molecule has 1 aliphatic heterocycles. The number of anilines is 1. The van der Waals surface area contributed by atoms with Crippen molar-refractivity contribution in [2.45, 2.75) is 30.5 Å². The van der Waals surface area contributed by atoms with Gasteiger partial charge in [0.1, 0.15) is 0 Å². The zero-order valence-electron chi connectivity index (χ0n) is 14.8. The van der Waals surface area contributed by atoms with Gasteiger partial charge in [-0.15, -0.1) is 0 Å². The summed E-state index contributed by atoms with van der Waals surface area (Å²) in [6.45, 7) is 1.25. The molecular formula is C19H18F3N3O2S. The largest absolute Gasteiger partial charge is 0.417 e. The summed E-state index contributed by atoms with van der Waals surface area (Å²) in [5, 5.41) is 11.7. The van der Waals surface area contributed by atoms with Crippen LogP contribution in [0.25, 0.3) is 0 Å². The molecule has 1 N–H and O–H groups in total. The molecule has 0 spiro atoms. The molecule has 1 saturated heterocycles. The fourth-order valence-corrected chi connectivity index (χ4v) is 4.56. The minimum Gasteiger partial charge on any atom is -0.381 e. The lowest BCUT2D eigenvalue weighted by Crippen LogP contribution is -2.27. The molecule has 0 saturated carbocycles. The third-order valence-corrected chi connectivity index (χ3v) is 6.48. The molecule has 0 aromatic heterocycles. The number of rotatable bonds is 5. The highest BCUT2D eigenvalue weighted by molar-refractivity contribution is 7.89. The number of hydrogen-bond acceptors (Lipinski definition) is 4. The summed E-state index contributed by atoms with van der Waals surface area (Å²) >= 11 is 0. The maximum atomic E-state index is 13.0. The molecule has 0 aliphatic carbocycles. The van der Waals surface area contributed by atoms with E-state index in [-0.39, 0.29) is 17.1 Å². The number of alkyl halides is 3. The fourth-order valence-electron chi connectivity index (χ4n) is 3.05. The summed E-state index contributed by atoms with van der Waals surface area (Å²) in [5.74, 6) is 0. The molecule has 1 heterocycles. The van der Waals surface area contributed by atoms with Crippen molar-refractivity contribution in [2.75, 3.05) is 18.4 Å². The van der Waals surface area contributed by atoms with Crippen molar-refractivity contribution >= 4 is 15.7 Å². The first-order valence-corrected chi connectivity index (χ1v) is 10.1. The van der Waals surface area contributed by atoms with E-state index in [9.17, 15) is 21.6 Å². The van der Waals surface area contributed by atoms with Crippen molar-refractivity contribution in [1.29, 1.82) is 5.26 Å². The second-order valence-electron chi connectivity index (χ2n) is 6.48. The Hall–Kier alpha value is -2.57. The highest BCUT2D eigenvalue weighted by Crippen LogP contribution is 2.33. The van der Waals surface area contributed by atoms with Crippen LogP contribution in [0.4, 0.5) is 18.9 Å². The number of nitrogens with zero attached hydrogens (tertiary/aromatic N) is 2. The predicted octanol–water partition coefficient (Wildman–Crippen LogP) is 3.97. The lowest BCUT2D eigenvalue weighted by atomic mass is 10.1. The number of nitrogens with one attached hydrogen (secondary N) is 1. The van der Waals surface area contributed by atoms with Gasteiger partial charge in [-0.2, -0.15) is 22.7 Å². The Balaban J connectivity index is 1.71. The van der Waals surface area contributed by atoms with Crippen LogP contribution < -0.4 is 5.32 Å². The van der Waals surface area contributed by atoms with Crippen LogP contribution in [-0.2, 0) is 22.7 Å². The van der Waals surface area contributed by atoms with E-state index in [4.69, 9.17) is 5.26 Å². The van der Waals surface area contributed by atoms with Crippen molar-refractivity contribution < 1.29 is 21.6 Å². The number of nitriles is 1. The van der Waals surface area contributed by atoms with E-state index in [1.54, 1.807) is 12.1 Å². The average molecular weight is 409 g/mol. The van der Waals surface area contributed by atoms with Crippen LogP contribution in [0, 0.1) is 11.3 Å². The van der Waals surface area contributed by atoms with Crippen LogP contribution in [0.15, 0.2) is 47.4 Å². The number of hydrogen-bond donors (Lipinski definition) is 1. The van der Waals surface area contributed by atoms with E-state index in [1.165, 1.54) is 28.6 Å². The van der Waals surface area contributed by atoms with Crippen LogP contribution in [-0.4, -0.2) is 25.8 Å². The zero-order chi connectivity index (χ0) is 20.4. The third-order valence-electron chi connectivity index (χ3n) is 4.57. The maximum Gasteiger partial charge on any atom is 0.417 e. The van der Waals surface area contributed by atoms with E-state index in [2.05, 4.69) is 5.32 Å². The lowest BCUT2D eigenvalue weighted by Gasteiger charge is -2.16. The van der Waals surface area contributed by atoms with Gasteiger partial charge in [0, 0.05) is 25.3 Å². The summed E-state index contributed by atoms with van der Waals surface area (Å²) in [7, 11) is -3.49. The monoisotopic (exact) mass is 409 g/mol. The Labute approximate surface area is 161 Å². The third kappa shape index (κ3) is 4.29. The first-order chi connectivity index (χ1) is 13.2. The highest BCUT2D eigenvalue weighted by Gasteiger charge is 2.33. The van der Waals surface area contributed by atoms with Gasteiger partial charge in [-0.05, 0) is 48.7 Å². The topological polar surface area (TPSA) is 73.2 Å². The summed E-state index contributed by atoms with van der Waals surface area (Å²) in [6.07, 6.45) is -2.91. The van der Waals surface area contributed by atoms with Crippen LogP contribution in [0.5, 0.6) is 0 Å². The quantitative estimate of drug-likeness (QED) is 0.811. The summed E-state index contributed by atoms with van der Waals surface area (Å²) in [4.78, 5) is 0.205. The maximum absolute atomic E-state index is 13.0. The van der Waals surface area contributed by atoms with E-state index in [1.807, 2.05) is 0 Å². The van der Waals surface area contributed by atoms with Crippen LogP contribution in [0.1, 0.15) is 29.5 Å². The summed E-state index contributed by atoms with van der Waals surface area (Å²) in [5.41, 5.74) is -0.486. The first kappa shape index (κ1) is 20.2. The molecule has 1 fully saturated rings. The van der Waals surface area contributed by atoms with Crippen molar-refractivity contribution in [3.05, 3.63) is 59.2 Å². The summed E-state index contributed by atoms with van der Waals surface area (Å²) < 4.78 is 65.5. The molecule has 9 heteroatoms. The van der Waals surface area contributed by atoms with Gasteiger partial charge in [-0.3, -0.25) is 0 Å². The molecule has 0 radical (unpaired) electrons. The molecule has 2 aromatic rings. The number of benzene rings is 2. The van der Waals surface area contributed by atoms with E-state index in [0.717, 1.165) is 30.5 Å². The van der Waals surface area contributed by atoms with Gasteiger partial charge in [-0.25, -0.2) is 8.42 Å². The Bertz CT molecular complexity index is 991. The second kappa shape index (κ2) is 7.81. The molecule has 148 valence electrons. The van der Waals surface area contributed by atoms with Crippen molar-refractivity contribution in [2.24, 2.45) is 0 Å². The zero-order valence-corrected chi connectivity index (χ0v) is 15.6. The van der Waals surface area contributed by atoms with Crippen molar-refractivity contribution in [1.82, 2.24) is 4.31 Å². The van der Waals surface area contributed by atoms with Gasteiger partial charge in [0.25, 0.3) is 0 Å². The molecule has 0 bridgehead atoms. The highest BCUT2D eigenvalue weighted by atomic mass is 32.2. The normalized spacial score (nSPS) is 15.4. The molecule has 0 atom stereocenters. The number of halogens is 3. The van der Waals surface area contributed by atoms with Gasteiger partial charge >= 0.3 is 6.18 Å². The van der Waals surface area contributed by atoms with E-state index < -0.39 is 27.3 Å². The van der Waals surface area contributed by atoms with Crippen molar-refractivity contribution in [3.8, 4) is 6.07 Å². The van der Waals surface area contributed by atoms with Gasteiger partial charge < -0.3 is 5.32 Å². The van der Waals surface area contributed by atoms with Gasteiger partial charge in [0.2, 0.25) is 10.0 Å². The molecule has 3 rings (SSSR count). The first-order valence-electron chi connectivity index (χ1n) is 8.66. The SMILES string of the molecule is N#Cc1ccc(NCc2ccc(S(=O)(=O)N3CCCC3)cc2)cc1C(F)(F)F. The molecular weight excluding hydrogens is 391 g/mol. The predicted molar refractivity (Wildman–Crippen MR) is 97.9 cm³/mol. The lowest BCUT2D eigenvalue weighted by molar-refractivity contribution is -0.137. The Morgan fingerprint density at radius 3 is 2.29 bits per heavy atom. The van der Waals surface area contributed by atoms with Gasteiger partial charge in [-0.1, -0.05) is 12.1 Å². The second-order valence-corrected chi connectivity index (χ2v) is 8.42. The Morgan fingerprint density at radius 1 is 1.07 bits per heavy atom. The van der Waals surface area contributed by atoms with Gasteiger partial charge in [0.15, 0.2) is 0 Å². The van der Waals surface area contributed by atoms with Gasteiger partial charge in [0.05, 0.1) is 22.1 Å². The van der Waals surface area contributed by atoms with Crippen LogP contribution in [0.2, 0.25) is 0 Å². The molecule has 5 nitrogen and oxygen atoms in total. The minimum absolute atomic E-state index is 0.205. The van der Waals surface area contributed by atoms with Crippen molar-refractivity contribution in [3.63, 3.8) is 0 Å². The Kier molecular flexibility index (Phi) is 5.63. The molecule has 0 amide bonds. The van der Waals surface area contributed by atoms with E-state index >= 15 is 0 Å². The Morgan fingerprint density at radius 2 is 1.71 bits per heavy atom. The molecule has 2 aromatic carbocycles.